The molecule has 0 aromatic rings. The Hall–Kier alpha value is -0.120. The predicted octanol–water partition coefficient (Wildman–Crippen LogP) is 2.25. The van der Waals surface area contributed by atoms with E-state index in [1.54, 1.807) is 0 Å². The fourth-order valence-corrected chi connectivity index (χ4v) is 3.81. The molecule has 19 heavy (non-hydrogen) atoms. The van der Waals surface area contributed by atoms with Crippen LogP contribution < -0.4 is 5.32 Å². The Kier molecular flexibility index (Phi) is 4.91. The van der Waals surface area contributed by atoms with Gasteiger partial charge in [0.25, 0.3) is 0 Å². The molecular formula is C16H32N2O. The van der Waals surface area contributed by atoms with E-state index >= 15 is 0 Å². The topological polar surface area (TPSA) is 35.5 Å². The Morgan fingerprint density at radius 2 is 1.74 bits per heavy atom. The number of nitrogens with one attached hydrogen (secondary N) is 1. The average Bonchev–Trinajstić information content (AvgIpc) is 2.36. The molecule has 2 fully saturated rings. The first kappa shape index (κ1) is 15.3. The Morgan fingerprint density at radius 3 is 2.26 bits per heavy atom. The monoisotopic (exact) mass is 268 g/mol. The molecule has 0 atom stereocenters. The zero-order valence-corrected chi connectivity index (χ0v) is 13.0. The predicted molar refractivity (Wildman–Crippen MR) is 80.3 cm³/mol. The molecule has 1 aliphatic carbocycles. The van der Waals surface area contributed by atoms with Crippen LogP contribution in [0.25, 0.3) is 0 Å². The Morgan fingerprint density at radius 1 is 1.16 bits per heavy atom. The van der Waals surface area contributed by atoms with E-state index in [1.807, 2.05) is 6.92 Å². The van der Waals surface area contributed by atoms with Gasteiger partial charge in [-0.2, -0.15) is 0 Å². The molecule has 1 heterocycles. The third-order valence-corrected chi connectivity index (χ3v) is 5.38. The summed E-state index contributed by atoms with van der Waals surface area (Å²) in [6, 6.07) is 0. The van der Waals surface area contributed by atoms with Gasteiger partial charge in [-0.25, -0.2) is 0 Å². The first-order valence-corrected chi connectivity index (χ1v) is 8.04. The zero-order chi connectivity index (χ0) is 13.9. The van der Waals surface area contributed by atoms with Crippen molar-refractivity contribution in [1.29, 1.82) is 0 Å². The Balaban J connectivity index is 1.90. The van der Waals surface area contributed by atoms with Crippen molar-refractivity contribution in [3.8, 4) is 0 Å². The van der Waals surface area contributed by atoms with Gasteiger partial charge in [0.1, 0.15) is 0 Å². The average molecular weight is 268 g/mol. The van der Waals surface area contributed by atoms with Crippen molar-refractivity contribution in [1.82, 2.24) is 10.2 Å². The summed E-state index contributed by atoms with van der Waals surface area (Å²) in [5.41, 5.74) is 0.0538. The van der Waals surface area contributed by atoms with E-state index in [4.69, 9.17) is 0 Å². The third kappa shape index (κ3) is 4.17. The van der Waals surface area contributed by atoms with Crippen LogP contribution in [0, 0.1) is 11.3 Å². The highest BCUT2D eigenvalue weighted by Crippen LogP contribution is 2.39. The van der Waals surface area contributed by atoms with Gasteiger partial charge in [-0.05, 0) is 51.0 Å². The molecule has 3 heteroatoms. The molecule has 0 aromatic heterocycles. The molecule has 2 rings (SSSR count). The number of hydrogen-bond acceptors (Lipinski definition) is 3. The second-order valence-corrected chi connectivity index (χ2v) is 7.49. The molecule has 1 aliphatic heterocycles. The maximum absolute atomic E-state index is 10.1. The van der Waals surface area contributed by atoms with Crippen LogP contribution in [0.1, 0.15) is 52.4 Å². The minimum atomic E-state index is -0.423. The maximum atomic E-state index is 10.1. The van der Waals surface area contributed by atoms with E-state index in [-0.39, 0.29) is 0 Å². The number of piperidine rings is 1. The molecule has 0 radical (unpaired) electrons. The molecule has 1 saturated heterocycles. The summed E-state index contributed by atoms with van der Waals surface area (Å²) in [5, 5.41) is 13.5. The quantitative estimate of drug-likeness (QED) is 0.821. The second-order valence-electron chi connectivity index (χ2n) is 7.49. The van der Waals surface area contributed by atoms with Crippen molar-refractivity contribution in [3.63, 3.8) is 0 Å². The molecular weight excluding hydrogens is 236 g/mol. The summed E-state index contributed by atoms with van der Waals surface area (Å²) < 4.78 is 0. The van der Waals surface area contributed by atoms with Crippen molar-refractivity contribution in [3.05, 3.63) is 0 Å². The summed E-state index contributed by atoms with van der Waals surface area (Å²) in [6.45, 7) is 8.86. The highest BCUT2D eigenvalue weighted by Gasteiger charge is 2.37. The van der Waals surface area contributed by atoms with Gasteiger partial charge in [-0.3, -0.25) is 0 Å². The van der Waals surface area contributed by atoms with Crippen LogP contribution in [0.5, 0.6) is 0 Å². The Labute approximate surface area is 118 Å². The van der Waals surface area contributed by atoms with Gasteiger partial charge < -0.3 is 15.3 Å². The highest BCUT2D eigenvalue weighted by molar-refractivity contribution is 4.91. The van der Waals surface area contributed by atoms with Crippen LogP contribution in [0.15, 0.2) is 0 Å². The van der Waals surface area contributed by atoms with Crippen LogP contribution in [0.4, 0.5) is 0 Å². The molecule has 0 unspecified atom stereocenters. The summed E-state index contributed by atoms with van der Waals surface area (Å²) in [7, 11) is 2.08. The van der Waals surface area contributed by atoms with Gasteiger partial charge in [0.05, 0.1) is 5.60 Å². The SMILES string of the molecule is CNCC1(CN2CCC(C)(O)CC2)CCC(C)CC1. The second kappa shape index (κ2) is 6.11. The molecule has 1 saturated carbocycles. The van der Waals surface area contributed by atoms with Gasteiger partial charge in [0.15, 0.2) is 0 Å². The van der Waals surface area contributed by atoms with Crippen LogP contribution in [0.3, 0.4) is 0 Å². The maximum Gasteiger partial charge on any atom is 0.0644 e. The summed E-state index contributed by atoms with van der Waals surface area (Å²) in [5.74, 6) is 0.909. The van der Waals surface area contributed by atoms with Crippen molar-refractivity contribution in [2.24, 2.45) is 11.3 Å². The van der Waals surface area contributed by atoms with Crippen LogP contribution >= 0.6 is 0 Å². The zero-order valence-electron chi connectivity index (χ0n) is 13.0. The molecule has 112 valence electrons. The lowest BCUT2D eigenvalue weighted by Gasteiger charge is -2.45. The lowest BCUT2D eigenvalue weighted by Crippen LogP contribution is -2.50. The van der Waals surface area contributed by atoms with Gasteiger partial charge >= 0.3 is 0 Å². The first-order valence-electron chi connectivity index (χ1n) is 8.04. The lowest BCUT2D eigenvalue weighted by molar-refractivity contribution is -0.0212. The molecule has 0 amide bonds. The molecule has 2 aliphatic rings. The van der Waals surface area contributed by atoms with Crippen molar-refractivity contribution >= 4 is 0 Å². The normalized spacial score (nSPS) is 36.3. The van der Waals surface area contributed by atoms with E-state index < -0.39 is 5.60 Å². The standard InChI is InChI=1S/C16H32N2O/c1-14-4-6-16(7-5-14,12-17-3)13-18-10-8-15(2,19)9-11-18/h14,17,19H,4-13H2,1-3H3. The first-order chi connectivity index (χ1) is 8.95. The minimum Gasteiger partial charge on any atom is -0.390 e. The number of rotatable bonds is 4. The van der Waals surface area contributed by atoms with Gasteiger partial charge in [-0.15, -0.1) is 0 Å². The lowest BCUT2D eigenvalue weighted by atomic mass is 9.70. The van der Waals surface area contributed by atoms with E-state index in [0.717, 1.165) is 38.4 Å². The van der Waals surface area contributed by atoms with Crippen LogP contribution in [0.2, 0.25) is 0 Å². The number of aliphatic hydroxyl groups is 1. The van der Waals surface area contributed by atoms with Gasteiger partial charge in [-0.1, -0.05) is 19.8 Å². The van der Waals surface area contributed by atoms with Crippen molar-refractivity contribution in [2.45, 2.75) is 58.0 Å². The van der Waals surface area contributed by atoms with E-state index in [0.29, 0.717) is 5.41 Å². The van der Waals surface area contributed by atoms with Crippen LogP contribution in [-0.2, 0) is 0 Å². The molecule has 0 aromatic carbocycles. The smallest absolute Gasteiger partial charge is 0.0644 e. The fourth-order valence-electron chi connectivity index (χ4n) is 3.81. The molecule has 0 bridgehead atoms. The molecule has 0 spiro atoms. The Bertz CT molecular complexity index is 272. The van der Waals surface area contributed by atoms with Crippen molar-refractivity contribution < 1.29 is 5.11 Å². The number of hydrogen-bond donors (Lipinski definition) is 2. The largest absolute Gasteiger partial charge is 0.390 e. The van der Waals surface area contributed by atoms with E-state index in [2.05, 4.69) is 24.2 Å². The fraction of sp³-hybridized carbons (Fsp3) is 1.00. The summed E-state index contributed by atoms with van der Waals surface area (Å²) in [6.07, 6.45) is 7.35. The summed E-state index contributed by atoms with van der Waals surface area (Å²) >= 11 is 0. The van der Waals surface area contributed by atoms with Gasteiger partial charge in [0.2, 0.25) is 0 Å². The number of nitrogens with zero attached hydrogens (tertiary/aromatic N) is 1. The van der Waals surface area contributed by atoms with E-state index in [1.165, 1.54) is 32.2 Å². The van der Waals surface area contributed by atoms with Gasteiger partial charge in [0, 0.05) is 26.2 Å². The highest BCUT2D eigenvalue weighted by atomic mass is 16.3. The number of likely N-dealkylation sites (tertiary alicyclic amines) is 1. The minimum absolute atomic E-state index is 0.423. The molecule has 2 N–H and O–H groups in total. The molecule has 3 nitrogen and oxygen atoms in total. The third-order valence-electron chi connectivity index (χ3n) is 5.38. The van der Waals surface area contributed by atoms with E-state index in [9.17, 15) is 5.11 Å². The summed E-state index contributed by atoms with van der Waals surface area (Å²) in [4.78, 5) is 2.59. The van der Waals surface area contributed by atoms with Crippen molar-refractivity contribution in [2.75, 3.05) is 33.2 Å². The van der Waals surface area contributed by atoms with Crippen LogP contribution in [-0.4, -0.2) is 48.8 Å².